The van der Waals surface area contributed by atoms with Gasteiger partial charge in [-0.1, -0.05) is 131 Å². The van der Waals surface area contributed by atoms with Crippen molar-refractivity contribution in [2.24, 2.45) is 0 Å². The molecule has 47 heavy (non-hydrogen) atoms. The van der Waals surface area contributed by atoms with Gasteiger partial charge in [0, 0.05) is 28.4 Å². The molecular formula is C46H47N. The van der Waals surface area contributed by atoms with Crippen molar-refractivity contribution in [2.75, 3.05) is 0 Å². The largest absolute Gasteiger partial charge is 0.340 e. The Morgan fingerprint density at radius 3 is 1.57 bits per heavy atom. The van der Waals surface area contributed by atoms with Crippen LogP contribution in [0.3, 0.4) is 0 Å². The molecule has 0 radical (unpaired) electrons. The third kappa shape index (κ3) is 5.44. The molecule has 1 heterocycles. The third-order valence-electron chi connectivity index (χ3n) is 10.8. The van der Waals surface area contributed by atoms with E-state index in [1.165, 1.54) is 146 Å². The van der Waals surface area contributed by atoms with Crippen molar-refractivity contribution < 1.29 is 0 Å². The van der Waals surface area contributed by atoms with Crippen molar-refractivity contribution in [3.63, 3.8) is 0 Å². The predicted octanol–water partition coefficient (Wildman–Crippen LogP) is 13.3. The summed E-state index contributed by atoms with van der Waals surface area (Å²) < 4.78 is 2.62. The van der Waals surface area contributed by atoms with Gasteiger partial charge in [-0.2, -0.15) is 0 Å². The van der Waals surface area contributed by atoms with E-state index in [0.717, 1.165) is 13.0 Å². The molecule has 0 aliphatic carbocycles. The number of hydrogen-bond donors (Lipinski definition) is 0. The van der Waals surface area contributed by atoms with Gasteiger partial charge in [-0.05, 0) is 116 Å². The SMILES string of the molecule is CCCCCCc1ccc2c(c1)c1cc(CCCCCC)ccc1n2CCc1ccc2cccc3c4cccc5cccc(c1c23)c54. The van der Waals surface area contributed by atoms with Gasteiger partial charge in [-0.3, -0.25) is 0 Å². The second-order valence-corrected chi connectivity index (χ2v) is 13.9. The first-order valence-corrected chi connectivity index (χ1v) is 18.4. The minimum atomic E-state index is 0.962. The number of aromatic nitrogens is 1. The van der Waals surface area contributed by atoms with Crippen LogP contribution in [0.1, 0.15) is 81.9 Å². The molecule has 236 valence electrons. The van der Waals surface area contributed by atoms with Crippen molar-refractivity contribution in [3.05, 3.63) is 120 Å². The van der Waals surface area contributed by atoms with E-state index in [1.54, 1.807) is 0 Å². The summed E-state index contributed by atoms with van der Waals surface area (Å²) in [6.45, 7) is 5.56. The lowest BCUT2D eigenvalue weighted by molar-refractivity contribution is 0.667. The molecule has 0 saturated heterocycles. The highest BCUT2D eigenvalue weighted by atomic mass is 15.0. The summed E-state index contributed by atoms with van der Waals surface area (Å²) in [5, 5.41) is 13.9. The van der Waals surface area contributed by atoms with Gasteiger partial charge in [0.25, 0.3) is 0 Å². The van der Waals surface area contributed by atoms with E-state index in [1.807, 2.05) is 0 Å². The van der Waals surface area contributed by atoms with Crippen LogP contribution in [0.2, 0.25) is 0 Å². The Bertz CT molecular complexity index is 2260. The molecule has 0 unspecified atom stereocenters. The van der Waals surface area contributed by atoms with Crippen LogP contribution in [0.4, 0.5) is 0 Å². The summed E-state index contributed by atoms with van der Waals surface area (Å²) in [5.74, 6) is 0. The first-order chi connectivity index (χ1) is 23.2. The Balaban J connectivity index is 1.22. The molecule has 0 fully saturated rings. The topological polar surface area (TPSA) is 4.93 Å². The highest BCUT2D eigenvalue weighted by Crippen LogP contribution is 2.42. The molecule has 0 bridgehead atoms. The van der Waals surface area contributed by atoms with Gasteiger partial charge < -0.3 is 4.57 Å². The molecule has 0 aliphatic rings. The molecule has 0 N–H and O–H groups in total. The van der Waals surface area contributed by atoms with Gasteiger partial charge in [0.2, 0.25) is 0 Å². The quantitative estimate of drug-likeness (QED) is 0.0692. The van der Waals surface area contributed by atoms with Crippen molar-refractivity contribution >= 4 is 64.9 Å². The van der Waals surface area contributed by atoms with Crippen molar-refractivity contribution in [1.82, 2.24) is 4.57 Å². The number of benzene rings is 7. The van der Waals surface area contributed by atoms with Crippen LogP contribution in [0.25, 0.3) is 64.9 Å². The van der Waals surface area contributed by atoms with Gasteiger partial charge in [0.15, 0.2) is 0 Å². The number of rotatable bonds is 13. The third-order valence-corrected chi connectivity index (χ3v) is 10.8. The fraction of sp³-hybridized carbons (Fsp3) is 0.304. The summed E-state index contributed by atoms with van der Waals surface area (Å²) in [4.78, 5) is 0. The highest BCUT2D eigenvalue weighted by Gasteiger charge is 2.17. The van der Waals surface area contributed by atoms with Crippen molar-refractivity contribution in [2.45, 2.75) is 91.0 Å². The number of unbranched alkanes of at least 4 members (excludes halogenated alkanes) is 6. The van der Waals surface area contributed by atoms with Crippen LogP contribution in [-0.2, 0) is 25.8 Å². The zero-order valence-corrected chi connectivity index (χ0v) is 28.2. The second-order valence-electron chi connectivity index (χ2n) is 13.9. The Morgan fingerprint density at radius 2 is 0.979 bits per heavy atom. The lowest BCUT2D eigenvalue weighted by atomic mass is 9.87. The van der Waals surface area contributed by atoms with Gasteiger partial charge in [0.1, 0.15) is 0 Å². The molecule has 0 spiro atoms. The van der Waals surface area contributed by atoms with Gasteiger partial charge >= 0.3 is 0 Å². The number of hydrogen-bond acceptors (Lipinski definition) is 0. The molecule has 1 heteroatoms. The number of fused-ring (bicyclic) bond motifs is 5. The number of nitrogens with zero attached hydrogens (tertiary/aromatic N) is 1. The lowest BCUT2D eigenvalue weighted by Crippen LogP contribution is -2.02. The summed E-state index contributed by atoms with van der Waals surface area (Å²) in [7, 11) is 0. The van der Waals surface area contributed by atoms with Gasteiger partial charge in [-0.25, -0.2) is 0 Å². The van der Waals surface area contributed by atoms with Crippen LogP contribution in [-0.4, -0.2) is 4.57 Å². The Labute approximate surface area is 279 Å². The highest BCUT2D eigenvalue weighted by molar-refractivity contribution is 6.33. The first kappa shape index (κ1) is 30.0. The van der Waals surface area contributed by atoms with Crippen molar-refractivity contribution in [3.8, 4) is 0 Å². The molecule has 7 aromatic carbocycles. The molecule has 0 saturated carbocycles. The molecule has 0 atom stereocenters. The van der Waals surface area contributed by atoms with E-state index in [0.29, 0.717) is 0 Å². The predicted molar refractivity (Wildman–Crippen MR) is 206 cm³/mol. The van der Waals surface area contributed by atoms with Crippen LogP contribution >= 0.6 is 0 Å². The second kappa shape index (κ2) is 13.0. The molecule has 1 nitrogen and oxygen atoms in total. The van der Waals surface area contributed by atoms with Crippen LogP contribution in [0, 0.1) is 0 Å². The molecule has 8 aromatic rings. The Hall–Kier alpha value is -4.36. The van der Waals surface area contributed by atoms with E-state index in [4.69, 9.17) is 0 Å². The van der Waals surface area contributed by atoms with E-state index in [2.05, 4.69) is 122 Å². The zero-order chi connectivity index (χ0) is 31.7. The molecule has 8 rings (SSSR count). The smallest absolute Gasteiger partial charge is 0.0491 e. The average Bonchev–Trinajstić information content (AvgIpc) is 3.42. The minimum Gasteiger partial charge on any atom is -0.340 e. The maximum atomic E-state index is 2.62. The zero-order valence-electron chi connectivity index (χ0n) is 28.2. The van der Waals surface area contributed by atoms with Crippen LogP contribution in [0.15, 0.2) is 103 Å². The summed E-state index contributed by atoms with van der Waals surface area (Å²) in [5.41, 5.74) is 7.17. The maximum absolute atomic E-state index is 2.62. The fourth-order valence-corrected chi connectivity index (χ4v) is 8.43. The number of aryl methyl sites for hydroxylation is 4. The van der Waals surface area contributed by atoms with E-state index < -0.39 is 0 Å². The summed E-state index contributed by atoms with van der Waals surface area (Å²) in [6.07, 6.45) is 13.8. The van der Waals surface area contributed by atoms with Gasteiger partial charge in [0.05, 0.1) is 0 Å². The average molecular weight is 614 g/mol. The van der Waals surface area contributed by atoms with E-state index in [-0.39, 0.29) is 0 Å². The molecule has 0 amide bonds. The van der Waals surface area contributed by atoms with Gasteiger partial charge in [-0.15, -0.1) is 0 Å². The first-order valence-electron chi connectivity index (χ1n) is 18.4. The molecule has 0 aliphatic heterocycles. The Morgan fingerprint density at radius 1 is 0.426 bits per heavy atom. The molecular weight excluding hydrogens is 567 g/mol. The normalized spacial score (nSPS) is 12.2. The minimum absolute atomic E-state index is 0.962. The van der Waals surface area contributed by atoms with Crippen molar-refractivity contribution in [1.29, 1.82) is 0 Å². The lowest BCUT2D eigenvalue weighted by Gasteiger charge is -2.18. The van der Waals surface area contributed by atoms with Crippen LogP contribution < -0.4 is 0 Å². The van der Waals surface area contributed by atoms with E-state index >= 15 is 0 Å². The molecule has 1 aromatic heterocycles. The summed E-state index contributed by atoms with van der Waals surface area (Å²) >= 11 is 0. The van der Waals surface area contributed by atoms with E-state index in [9.17, 15) is 0 Å². The standard InChI is InChI=1S/C46H47N/c1-3-5-7-9-14-32-22-26-42-40(30-32)41-31-33(15-10-8-6-4-2)23-27-43(41)47(42)29-28-36-25-24-35-18-12-20-38-37-19-11-16-34-17-13-21-39(44(34)37)46(36)45(35)38/h11-13,16-27,30-31H,3-10,14-15,28-29H2,1-2H3. The Kier molecular flexibility index (Phi) is 8.32. The maximum Gasteiger partial charge on any atom is 0.0491 e. The summed E-state index contributed by atoms with van der Waals surface area (Å²) in [6, 6.07) is 39.9. The van der Waals surface area contributed by atoms with Crippen LogP contribution in [0.5, 0.6) is 0 Å². The fourth-order valence-electron chi connectivity index (χ4n) is 8.43. The monoisotopic (exact) mass is 613 g/mol.